The molecule has 0 saturated carbocycles. The van der Waals surface area contributed by atoms with Crippen molar-refractivity contribution in [3.05, 3.63) is 47.5 Å². The van der Waals surface area contributed by atoms with Gasteiger partial charge >= 0.3 is 0 Å². The molecule has 0 aliphatic carbocycles. The average molecular weight is 332 g/mol. The normalized spacial score (nSPS) is 13.2. The van der Waals surface area contributed by atoms with E-state index in [1.54, 1.807) is 0 Å². The lowest BCUT2D eigenvalue weighted by Gasteiger charge is -2.14. The van der Waals surface area contributed by atoms with Gasteiger partial charge in [-0.15, -0.1) is 0 Å². The molecule has 0 saturated heterocycles. The minimum absolute atomic E-state index is 0.00881. The SMILES string of the molecule is CC(C)=CCC[C@H](C)CC[C@@H](O)CCC(=O)NCc1ccccc1. The molecule has 1 aromatic carbocycles. The maximum Gasteiger partial charge on any atom is 0.220 e. The predicted octanol–water partition coefficient (Wildman–Crippen LogP) is 4.61. The summed E-state index contributed by atoms with van der Waals surface area (Å²) in [7, 11) is 0. The van der Waals surface area contributed by atoms with Gasteiger partial charge in [-0.1, -0.05) is 48.9 Å². The van der Waals surface area contributed by atoms with E-state index in [1.807, 2.05) is 30.3 Å². The van der Waals surface area contributed by atoms with Crippen molar-refractivity contribution in [1.82, 2.24) is 5.32 Å². The monoisotopic (exact) mass is 331 g/mol. The van der Waals surface area contributed by atoms with Gasteiger partial charge in [-0.05, 0) is 57.4 Å². The van der Waals surface area contributed by atoms with E-state index in [0.29, 0.717) is 25.3 Å². The fourth-order valence-electron chi connectivity index (χ4n) is 2.60. The third-order valence-electron chi connectivity index (χ3n) is 4.24. The highest BCUT2D eigenvalue weighted by Crippen LogP contribution is 2.16. The molecular weight excluding hydrogens is 298 g/mol. The van der Waals surface area contributed by atoms with Crippen molar-refractivity contribution in [3.63, 3.8) is 0 Å². The summed E-state index contributed by atoms with van der Waals surface area (Å²) in [6.45, 7) is 7.03. The lowest BCUT2D eigenvalue weighted by atomic mass is 9.96. The van der Waals surface area contributed by atoms with Gasteiger partial charge in [0.05, 0.1) is 6.10 Å². The predicted molar refractivity (Wildman–Crippen MR) is 101 cm³/mol. The number of hydrogen-bond donors (Lipinski definition) is 2. The van der Waals surface area contributed by atoms with Crippen molar-refractivity contribution < 1.29 is 9.90 Å². The maximum atomic E-state index is 11.8. The van der Waals surface area contributed by atoms with Crippen LogP contribution in [0, 0.1) is 5.92 Å². The van der Waals surface area contributed by atoms with Crippen LogP contribution >= 0.6 is 0 Å². The van der Waals surface area contributed by atoms with Crippen LogP contribution in [0.3, 0.4) is 0 Å². The maximum absolute atomic E-state index is 11.8. The smallest absolute Gasteiger partial charge is 0.220 e. The number of nitrogens with one attached hydrogen (secondary N) is 1. The molecule has 1 aromatic rings. The second-order valence-electron chi connectivity index (χ2n) is 7.00. The molecule has 2 N–H and O–H groups in total. The molecule has 0 aromatic heterocycles. The molecule has 3 heteroatoms. The molecule has 0 unspecified atom stereocenters. The lowest BCUT2D eigenvalue weighted by molar-refractivity contribution is -0.121. The molecule has 24 heavy (non-hydrogen) atoms. The molecule has 0 aliphatic heterocycles. The van der Waals surface area contributed by atoms with E-state index < -0.39 is 0 Å². The Labute approximate surface area is 147 Å². The average Bonchev–Trinajstić information content (AvgIpc) is 2.57. The summed E-state index contributed by atoms with van der Waals surface area (Å²) in [4.78, 5) is 11.8. The molecule has 3 nitrogen and oxygen atoms in total. The fourth-order valence-corrected chi connectivity index (χ4v) is 2.60. The molecule has 134 valence electrons. The number of aliphatic hydroxyl groups excluding tert-OH is 1. The fraction of sp³-hybridized carbons (Fsp3) is 0.571. The third-order valence-corrected chi connectivity index (χ3v) is 4.24. The molecule has 0 heterocycles. The Morgan fingerprint density at radius 1 is 1.12 bits per heavy atom. The second-order valence-corrected chi connectivity index (χ2v) is 7.00. The molecular formula is C21H33NO2. The van der Waals surface area contributed by atoms with Crippen LogP contribution in [-0.4, -0.2) is 17.1 Å². The van der Waals surface area contributed by atoms with Gasteiger partial charge in [0.2, 0.25) is 5.91 Å². The van der Waals surface area contributed by atoms with E-state index in [-0.39, 0.29) is 12.0 Å². The summed E-state index contributed by atoms with van der Waals surface area (Å²) in [5, 5.41) is 13.0. The molecule has 0 spiro atoms. The molecule has 2 atom stereocenters. The Morgan fingerprint density at radius 3 is 2.50 bits per heavy atom. The highest BCUT2D eigenvalue weighted by atomic mass is 16.3. The Hall–Kier alpha value is -1.61. The third kappa shape index (κ3) is 10.2. The molecule has 0 bridgehead atoms. The van der Waals surface area contributed by atoms with E-state index in [9.17, 15) is 9.90 Å². The topological polar surface area (TPSA) is 49.3 Å². The first-order valence-corrected chi connectivity index (χ1v) is 9.09. The number of carbonyl (C=O) groups is 1. The summed E-state index contributed by atoms with van der Waals surface area (Å²) in [6, 6.07) is 9.87. The standard InChI is InChI=1S/C21H33NO2/c1-17(2)8-7-9-18(3)12-13-20(23)14-15-21(24)22-16-19-10-5-4-6-11-19/h4-6,8,10-11,18,20,23H,7,9,12-16H2,1-3H3,(H,22,24)/t18-,20+/m0/s1. The Morgan fingerprint density at radius 2 is 1.83 bits per heavy atom. The van der Waals surface area contributed by atoms with Crippen molar-refractivity contribution in [2.75, 3.05) is 0 Å². The number of rotatable bonds is 11. The number of allylic oxidation sites excluding steroid dienone is 2. The van der Waals surface area contributed by atoms with E-state index in [4.69, 9.17) is 0 Å². The number of aliphatic hydroxyl groups is 1. The summed E-state index contributed by atoms with van der Waals surface area (Å²) < 4.78 is 0. The lowest BCUT2D eigenvalue weighted by Crippen LogP contribution is -2.24. The first-order valence-electron chi connectivity index (χ1n) is 9.09. The molecule has 0 aliphatic rings. The van der Waals surface area contributed by atoms with Crippen LogP contribution in [0.25, 0.3) is 0 Å². The van der Waals surface area contributed by atoms with Crippen LogP contribution in [0.5, 0.6) is 0 Å². The second kappa shape index (κ2) is 11.9. The van der Waals surface area contributed by atoms with Gasteiger partial charge in [-0.25, -0.2) is 0 Å². The van der Waals surface area contributed by atoms with Gasteiger partial charge in [0, 0.05) is 13.0 Å². The zero-order chi connectivity index (χ0) is 17.8. The minimum Gasteiger partial charge on any atom is -0.393 e. The Balaban J connectivity index is 2.11. The van der Waals surface area contributed by atoms with Crippen molar-refractivity contribution in [3.8, 4) is 0 Å². The first kappa shape index (κ1) is 20.4. The van der Waals surface area contributed by atoms with Crippen LogP contribution in [-0.2, 0) is 11.3 Å². The summed E-state index contributed by atoms with van der Waals surface area (Å²) in [6.07, 6.45) is 6.90. The number of benzene rings is 1. The van der Waals surface area contributed by atoms with Gasteiger partial charge in [-0.3, -0.25) is 4.79 Å². The van der Waals surface area contributed by atoms with E-state index in [1.165, 1.54) is 5.57 Å². The molecule has 1 amide bonds. The van der Waals surface area contributed by atoms with Gasteiger partial charge in [0.15, 0.2) is 0 Å². The zero-order valence-electron chi connectivity index (χ0n) is 15.4. The molecule has 1 rings (SSSR count). The van der Waals surface area contributed by atoms with Gasteiger partial charge in [0.25, 0.3) is 0 Å². The summed E-state index contributed by atoms with van der Waals surface area (Å²) in [5.74, 6) is 0.622. The van der Waals surface area contributed by atoms with Crippen molar-refractivity contribution in [1.29, 1.82) is 0 Å². The van der Waals surface area contributed by atoms with Crippen LogP contribution in [0.1, 0.15) is 64.9 Å². The van der Waals surface area contributed by atoms with E-state index in [0.717, 1.165) is 31.2 Å². The van der Waals surface area contributed by atoms with Crippen LogP contribution in [0.4, 0.5) is 0 Å². The van der Waals surface area contributed by atoms with E-state index in [2.05, 4.69) is 32.2 Å². The van der Waals surface area contributed by atoms with E-state index >= 15 is 0 Å². The largest absolute Gasteiger partial charge is 0.393 e. The van der Waals surface area contributed by atoms with Crippen LogP contribution in [0.15, 0.2) is 42.0 Å². The van der Waals surface area contributed by atoms with Crippen molar-refractivity contribution in [2.45, 2.75) is 71.9 Å². The first-order chi connectivity index (χ1) is 11.5. The quantitative estimate of drug-likeness (QED) is 0.582. The highest BCUT2D eigenvalue weighted by Gasteiger charge is 2.10. The Kier molecular flexibility index (Phi) is 10.1. The number of carbonyl (C=O) groups excluding carboxylic acids is 1. The molecule has 0 radical (unpaired) electrons. The van der Waals surface area contributed by atoms with Gasteiger partial charge < -0.3 is 10.4 Å². The van der Waals surface area contributed by atoms with Gasteiger partial charge in [0.1, 0.15) is 0 Å². The van der Waals surface area contributed by atoms with Crippen molar-refractivity contribution >= 4 is 5.91 Å². The van der Waals surface area contributed by atoms with Crippen molar-refractivity contribution in [2.24, 2.45) is 5.92 Å². The van der Waals surface area contributed by atoms with Crippen LogP contribution < -0.4 is 5.32 Å². The number of hydrogen-bond acceptors (Lipinski definition) is 2. The van der Waals surface area contributed by atoms with Gasteiger partial charge in [-0.2, -0.15) is 0 Å². The molecule has 0 fully saturated rings. The Bertz CT molecular complexity index is 492. The summed E-state index contributed by atoms with van der Waals surface area (Å²) >= 11 is 0. The number of amides is 1. The highest BCUT2D eigenvalue weighted by molar-refractivity contribution is 5.75. The minimum atomic E-state index is -0.377. The zero-order valence-corrected chi connectivity index (χ0v) is 15.4. The van der Waals surface area contributed by atoms with Crippen LogP contribution in [0.2, 0.25) is 0 Å². The summed E-state index contributed by atoms with van der Waals surface area (Å²) in [5.41, 5.74) is 2.46.